The molecule has 148 valence electrons. The largest absolute Gasteiger partial charge is 0.354 e. The number of anilines is 1. The van der Waals surface area contributed by atoms with E-state index in [0.717, 1.165) is 22.8 Å². The van der Waals surface area contributed by atoms with Gasteiger partial charge in [0.2, 0.25) is 5.91 Å². The molecule has 0 aromatic heterocycles. The molecule has 29 heavy (non-hydrogen) atoms. The third-order valence-corrected chi connectivity index (χ3v) is 5.59. The van der Waals surface area contributed by atoms with Crippen LogP contribution in [0.25, 0.3) is 10.8 Å². The fourth-order valence-corrected chi connectivity index (χ4v) is 4.20. The van der Waals surface area contributed by atoms with Gasteiger partial charge in [0.25, 0.3) is 5.69 Å². The van der Waals surface area contributed by atoms with Crippen molar-refractivity contribution in [1.82, 2.24) is 5.32 Å². The van der Waals surface area contributed by atoms with E-state index in [1.807, 2.05) is 36.1 Å². The molecule has 1 amide bonds. The van der Waals surface area contributed by atoms with E-state index < -0.39 is 6.04 Å². The molecule has 3 aromatic rings. The highest BCUT2D eigenvalue weighted by molar-refractivity contribution is 5.89. The first-order chi connectivity index (χ1) is 14.1. The maximum Gasteiger partial charge on any atom is 0.292 e. The van der Waals surface area contributed by atoms with Gasteiger partial charge in [-0.15, -0.1) is 0 Å². The van der Waals surface area contributed by atoms with Gasteiger partial charge in [-0.05, 0) is 42.2 Å². The molecular formula is C23H23N3O3. The lowest BCUT2D eigenvalue weighted by Crippen LogP contribution is -2.44. The molecule has 0 bridgehead atoms. The zero-order valence-electron chi connectivity index (χ0n) is 16.2. The average molecular weight is 389 g/mol. The second kappa shape index (κ2) is 7.91. The van der Waals surface area contributed by atoms with Gasteiger partial charge in [-0.1, -0.05) is 54.6 Å². The van der Waals surface area contributed by atoms with Crippen LogP contribution in [-0.2, 0) is 4.79 Å². The number of fused-ring (bicyclic) bond motifs is 1. The Kier molecular flexibility index (Phi) is 5.16. The summed E-state index contributed by atoms with van der Waals surface area (Å²) < 4.78 is 0. The van der Waals surface area contributed by atoms with Crippen molar-refractivity contribution in [1.29, 1.82) is 0 Å². The van der Waals surface area contributed by atoms with Crippen molar-refractivity contribution in [2.75, 3.05) is 11.4 Å². The summed E-state index contributed by atoms with van der Waals surface area (Å²) in [6, 6.07) is 20.2. The van der Waals surface area contributed by atoms with E-state index in [1.54, 1.807) is 18.2 Å². The van der Waals surface area contributed by atoms with E-state index in [4.69, 9.17) is 0 Å². The number of nitro benzene ring substituents is 1. The van der Waals surface area contributed by atoms with Crippen LogP contribution < -0.4 is 10.2 Å². The number of benzene rings is 3. The van der Waals surface area contributed by atoms with Crippen LogP contribution in [0.1, 0.15) is 31.4 Å². The molecule has 1 N–H and O–H groups in total. The van der Waals surface area contributed by atoms with Gasteiger partial charge in [-0.25, -0.2) is 0 Å². The minimum atomic E-state index is -0.409. The molecule has 1 aliphatic rings. The molecule has 6 nitrogen and oxygen atoms in total. The smallest absolute Gasteiger partial charge is 0.292 e. The van der Waals surface area contributed by atoms with Crippen molar-refractivity contribution in [3.8, 4) is 0 Å². The van der Waals surface area contributed by atoms with Gasteiger partial charge in [0.05, 0.1) is 11.0 Å². The zero-order chi connectivity index (χ0) is 20.4. The van der Waals surface area contributed by atoms with Crippen molar-refractivity contribution in [3.05, 3.63) is 82.4 Å². The number of nitrogens with zero attached hydrogens (tertiary/aromatic N) is 2. The third kappa shape index (κ3) is 3.66. The number of hydrogen-bond acceptors (Lipinski definition) is 4. The van der Waals surface area contributed by atoms with Crippen LogP contribution in [-0.4, -0.2) is 23.4 Å². The normalized spacial score (nSPS) is 17.3. The third-order valence-electron chi connectivity index (χ3n) is 5.59. The quantitative estimate of drug-likeness (QED) is 0.511. The molecule has 1 heterocycles. The number of nitrogens with one attached hydrogen (secondary N) is 1. The van der Waals surface area contributed by atoms with E-state index in [1.165, 1.54) is 6.07 Å². The molecule has 0 saturated carbocycles. The fraction of sp³-hybridized carbons (Fsp3) is 0.261. The second-order valence-corrected chi connectivity index (χ2v) is 7.40. The standard InChI is InChI=1S/C23H23N3O3/c1-16(18-11-6-9-17-8-2-3-10-19(17)18)24-23(27)22-14-7-15-25(22)20-12-4-5-13-21(20)26(28)29/h2-6,8-13,16,22H,7,14-15H2,1H3,(H,24,27)/t16-,22+/m1/s1. The highest BCUT2D eigenvalue weighted by atomic mass is 16.6. The van der Waals surface area contributed by atoms with Crippen LogP contribution in [0.3, 0.4) is 0 Å². The van der Waals surface area contributed by atoms with Gasteiger partial charge in [0.15, 0.2) is 0 Å². The van der Waals surface area contributed by atoms with Crippen molar-refractivity contribution < 1.29 is 9.72 Å². The SMILES string of the molecule is C[C@@H](NC(=O)[C@@H]1CCCN1c1ccccc1[N+](=O)[O-])c1cccc2ccccc12. The molecule has 2 atom stereocenters. The summed E-state index contributed by atoms with van der Waals surface area (Å²) in [6.45, 7) is 2.61. The Bertz CT molecular complexity index is 1060. The molecular weight excluding hydrogens is 366 g/mol. The minimum absolute atomic E-state index is 0.0364. The van der Waals surface area contributed by atoms with E-state index in [0.29, 0.717) is 18.7 Å². The monoisotopic (exact) mass is 389 g/mol. The van der Waals surface area contributed by atoms with Crippen LogP contribution in [0.15, 0.2) is 66.7 Å². The predicted molar refractivity (Wildman–Crippen MR) is 114 cm³/mol. The number of carbonyl (C=O) groups excluding carboxylic acids is 1. The number of nitro groups is 1. The molecule has 0 aliphatic carbocycles. The number of para-hydroxylation sites is 2. The van der Waals surface area contributed by atoms with Crippen LogP contribution in [0, 0.1) is 10.1 Å². The Morgan fingerprint density at radius 3 is 2.66 bits per heavy atom. The van der Waals surface area contributed by atoms with Gasteiger partial charge in [-0.2, -0.15) is 0 Å². The molecule has 4 rings (SSSR count). The molecule has 3 aromatic carbocycles. The van der Waals surface area contributed by atoms with Crippen molar-refractivity contribution in [2.45, 2.75) is 31.8 Å². The van der Waals surface area contributed by atoms with E-state index in [2.05, 4.69) is 23.5 Å². The van der Waals surface area contributed by atoms with Crippen molar-refractivity contribution in [2.24, 2.45) is 0 Å². The average Bonchev–Trinajstić information content (AvgIpc) is 3.23. The van der Waals surface area contributed by atoms with Gasteiger partial charge in [0.1, 0.15) is 11.7 Å². The maximum atomic E-state index is 13.1. The van der Waals surface area contributed by atoms with Gasteiger partial charge in [0, 0.05) is 12.6 Å². The predicted octanol–water partition coefficient (Wildman–Crippen LogP) is 4.59. The van der Waals surface area contributed by atoms with Crippen LogP contribution in [0.2, 0.25) is 0 Å². The fourth-order valence-electron chi connectivity index (χ4n) is 4.20. The van der Waals surface area contributed by atoms with E-state index in [-0.39, 0.29) is 22.6 Å². The van der Waals surface area contributed by atoms with Crippen LogP contribution in [0.4, 0.5) is 11.4 Å². The maximum absolute atomic E-state index is 13.1. The van der Waals surface area contributed by atoms with Crippen LogP contribution >= 0.6 is 0 Å². The summed E-state index contributed by atoms with van der Waals surface area (Å²) in [5, 5.41) is 16.8. The molecule has 0 spiro atoms. The van der Waals surface area contributed by atoms with Crippen LogP contribution in [0.5, 0.6) is 0 Å². The number of hydrogen-bond donors (Lipinski definition) is 1. The first-order valence-corrected chi connectivity index (χ1v) is 9.84. The van der Waals surface area contributed by atoms with E-state index >= 15 is 0 Å². The summed E-state index contributed by atoms with van der Waals surface area (Å²) in [6.07, 6.45) is 1.51. The molecule has 1 aliphatic heterocycles. The van der Waals surface area contributed by atoms with Gasteiger partial charge >= 0.3 is 0 Å². The Labute approximate surface area is 169 Å². The topological polar surface area (TPSA) is 75.5 Å². The summed E-state index contributed by atoms with van der Waals surface area (Å²) in [5.74, 6) is -0.0962. The number of amides is 1. The first kappa shape index (κ1) is 18.9. The summed E-state index contributed by atoms with van der Waals surface area (Å²) in [7, 11) is 0. The lowest BCUT2D eigenvalue weighted by Gasteiger charge is -2.27. The van der Waals surface area contributed by atoms with Crippen molar-refractivity contribution >= 4 is 28.1 Å². The van der Waals surface area contributed by atoms with Crippen molar-refractivity contribution in [3.63, 3.8) is 0 Å². The second-order valence-electron chi connectivity index (χ2n) is 7.40. The van der Waals surface area contributed by atoms with E-state index in [9.17, 15) is 14.9 Å². The molecule has 6 heteroatoms. The summed E-state index contributed by atoms with van der Waals surface area (Å²) >= 11 is 0. The molecule has 1 saturated heterocycles. The molecule has 1 fully saturated rings. The highest BCUT2D eigenvalue weighted by Crippen LogP contribution is 2.34. The van der Waals surface area contributed by atoms with Gasteiger partial charge < -0.3 is 10.2 Å². The Morgan fingerprint density at radius 1 is 1.10 bits per heavy atom. The number of carbonyl (C=O) groups is 1. The molecule has 0 unspecified atom stereocenters. The lowest BCUT2D eigenvalue weighted by atomic mass is 9.99. The Balaban J connectivity index is 1.57. The Morgan fingerprint density at radius 2 is 1.83 bits per heavy atom. The number of rotatable bonds is 5. The Hall–Kier alpha value is -3.41. The summed E-state index contributed by atoms with van der Waals surface area (Å²) in [4.78, 5) is 26.0. The zero-order valence-corrected chi connectivity index (χ0v) is 16.2. The lowest BCUT2D eigenvalue weighted by molar-refractivity contribution is -0.384. The minimum Gasteiger partial charge on any atom is -0.354 e. The highest BCUT2D eigenvalue weighted by Gasteiger charge is 2.34. The summed E-state index contributed by atoms with van der Waals surface area (Å²) in [5.41, 5.74) is 1.61. The molecule has 0 radical (unpaired) electrons. The van der Waals surface area contributed by atoms with Gasteiger partial charge in [-0.3, -0.25) is 14.9 Å². The first-order valence-electron chi connectivity index (χ1n) is 9.84.